The number of carbonyl (C=O) groups excluding carboxylic acids is 1. The van der Waals surface area contributed by atoms with Crippen molar-refractivity contribution in [1.82, 2.24) is 5.32 Å². The second-order valence-electron chi connectivity index (χ2n) is 4.18. The fraction of sp³-hybridized carbons (Fsp3) is 0.214. The minimum Gasteiger partial charge on any atom is -0.394 e. The lowest BCUT2D eigenvalue weighted by atomic mass is 10.1. The van der Waals surface area contributed by atoms with Gasteiger partial charge in [-0.2, -0.15) is 0 Å². The molecule has 1 heterocycles. The predicted molar refractivity (Wildman–Crippen MR) is 85.5 cm³/mol. The Bertz CT molecular complexity index is 541. The first-order valence-corrected chi connectivity index (χ1v) is 7.84. The van der Waals surface area contributed by atoms with Crippen molar-refractivity contribution in [1.29, 1.82) is 0 Å². The van der Waals surface area contributed by atoms with E-state index in [0.29, 0.717) is 12.0 Å². The smallest absolute Gasteiger partial charge is 0.252 e. The van der Waals surface area contributed by atoms with Crippen molar-refractivity contribution in [3.05, 3.63) is 55.8 Å². The van der Waals surface area contributed by atoms with E-state index in [-0.39, 0.29) is 18.6 Å². The zero-order chi connectivity index (χ0) is 13.7. The molecule has 1 atom stereocenters. The number of nitrogens with one attached hydrogen (secondary N) is 1. The molecule has 0 saturated heterocycles. The van der Waals surface area contributed by atoms with E-state index < -0.39 is 0 Å². The van der Waals surface area contributed by atoms with E-state index in [1.165, 1.54) is 11.3 Å². The Morgan fingerprint density at radius 3 is 2.68 bits per heavy atom. The van der Waals surface area contributed by atoms with Crippen LogP contribution in [0.3, 0.4) is 0 Å². The lowest BCUT2D eigenvalue weighted by Crippen LogP contribution is -2.38. The molecule has 0 spiro atoms. The number of hydrogen-bond acceptors (Lipinski definition) is 3. The van der Waals surface area contributed by atoms with Gasteiger partial charge in [0.05, 0.1) is 21.1 Å². The monoisotopic (exact) mass is 387 g/mol. The summed E-state index contributed by atoms with van der Waals surface area (Å²) < 4.78 is 1.08. The zero-order valence-corrected chi connectivity index (χ0v) is 13.1. The standard InChI is InChI=1S/C14H14INO2S/c15-13-7-11(9-19-13)14(18)16-12(8-17)6-10-4-2-1-3-5-10/h1-5,7,9,12,17H,6,8H2,(H,16,18). The van der Waals surface area contributed by atoms with Gasteiger partial charge in [-0.3, -0.25) is 4.79 Å². The topological polar surface area (TPSA) is 49.3 Å². The number of aliphatic hydroxyl groups excluding tert-OH is 1. The first-order chi connectivity index (χ1) is 9.19. The number of aliphatic hydroxyl groups is 1. The highest BCUT2D eigenvalue weighted by molar-refractivity contribution is 14.1. The largest absolute Gasteiger partial charge is 0.394 e. The Morgan fingerprint density at radius 1 is 1.37 bits per heavy atom. The predicted octanol–water partition coefficient (Wildman–Crippen LogP) is 2.69. The maximum absolute atomic E-state index is 12.0. The van der Waals surface area contributed by atoms with Crippen LogP contribution < -0.4 is 5.32 Å². The van der Waals surface area contributed by atoms with Gasteiger partial charge in [0.25, 0.3) is 5.91 Å². The van der Waals surface area contributed by atoms with Crippen molar-refractivity contribution in [2.24, 2.45) is 0 Å². The van der Waals surface area contributed by atoms with E-state index in [9.17, 15) is 9.90 Å². The Labute approximate surface area is 129 Å². The average molecular weight is 387 g/mol. The lowest BCUT2D eigenvalue weighted by Gasteiger charge is -2.15. The third-order valence-corrected chi connectivity index (χ3v) is 4.50. The summed E-state index contributed by atoms with van der Waals surface area (Å²) in [5.41, 5.74) is 1.75. The summed E-state index contributed by atoms with van der Waals surface area (Å²) in [5, 5.41) is 14.1. The van der Waals surface area contributed by atoms with Gasteiger partial charge in [-0.25, -0.2) is 0 Å². The Kier molecular flexibility index (Phi) is 5.35. The van der Waals surface area contributed by atoms with Crippen molar-refractivity contribution in [2.75, 3.05) is 6.61 Å². The highest BCUT2D eigenvalue weighted by Gasteiger charge is 2.14. The highest BCUT2D eigenvalue weighted by Crippen LogP contribution is 2.16. The quantitative estimate of drug-likeness (QED) is 0.776. The van der Waals surface area contributed by atoms with E-state index in [0.717, 1.165) is 8.45 Å². The van der Waals surface area contributed by atoms with E-state index in [4.69, 9.17) is 0 Å². The lowest BCUT2D eigenvalue weighted by molar-refractivity contribution is 0.0917. The number of rotatable bonds is 5. The van der Waals surface area contributed by atoms with Gasteiger partial charge < -0.3 is 10.4 Å². The molecule has 1 aromatic heterocycles. The third-order valence-electron chi connectivity index (χ3n) is 2.71. The highest BCUT2D eigenvalue weighted by atomic mass is 127. The summed E-state index contributed by atoms with van der Waals surface area (Å²) in [5.74, 6) is -0.130. The summed E-state index contributed by atoms with van der Waals surface area (Å²) in [6.07, 6.45) is 0.629. The number of hydrogen-bond donors (Lipinski definition) is 2. The fourth-order valence-corrected chi connectivity index (χ4v) is 3.08. The molecule has 0 aliphatic rings. The molecule has 2 N–H and O–H groups in total. The minimum absolute atomic E-state index is 0.0676. The van der Waals surface area contributed by atoms with Crippen molar-refractivity contribution >= 4 is 39.8 Å². The summed E-state index contributed by atoms with van der Waals surface area (Å²) in [4.78, 5) is 12.0. The molecule has 0 fully saturated rings. The molecule has 0 aliphatic heterocycles. The Balaban J connectivity index is 1.97. The minimum atomic E-state index is -0.257. The van der Waals surface area contributed by atoms with Crippen LogP contribution in [0.5, 0.6) is 0 Å². The van der Waals surface area contributed by atoms with Crippen LogP contribution >= 0.6 is 33.9 Å². The number of carbonyl (C=O) groups is 1. The second-order valence-corrected chi connectivity index (χ2v) is 6.99. The average Bonchev–Trinajstić information content (AvgIpc) is 2.86. The maximum atomic E-state index is 12.0. The molecule has 5 heteroatoms. The van der Waals surface area contributed by atoms with Crippen molar-refractivity contribution in [3.8, 4) is 0 Å². The van der Waals surface area contributed by atoms with Crippen LogP contribution in [0.4, 0.5) is 0 Å². The molecule has 19 heavy (non-hydrogen) atoms. The van der Waals surface area contributed by atoms with E-state index in [2.05, 4.69) is 27.9 Å². The van der Waals surface area contributed by atoms with Gasteiger partial charge in [-0.15, -0.1) is 11.3 Å². The summed E-state index contributed by atoms with van der Waals surface area (Å²) >= 11 is 3.72. The second kappa shape index (κ2) is 7.02. The van der Waals surface area contributed by atoms with Crippen LogP contribution in [0, 0.1) is 2.88 Å². The zero-order valence-electron chi connectivity index (χ0n) is 10.2. The molecular weight excluding hydrogens is 373 g/mol. The molecule has 1 aromatic carbocycles. The van der Waals surface area contributed by atoms with Crippen LogP contribution in [-0.2, 0) is 6.42 Å². The van der Waals surface area contributed by atoms with Gasteiger partial charge in [0.2, 0.25) is 0 Å². The van der Waals surface area contributed by atoms with Gasteiger partial charge >= 0.3 is 0 Å². The molecule has 0 bridgehead atoms. The van der Waals surface area contributed by atoms with Gasteiger partial charge in [-0.05, 0) is 40.6 Å². The van der Waals surface area contributed by atoms with E-state index in [1.807, 2.05) is 41.8 Å². The molecule has 2 rings (SSSR count). The number of amides is 1. The SMILES string of the molecule is O=C(NC(CO)Cc1ccccc1)c1csc(I)c1. The van der Waals surface area contributed by atoms with Crippen LogP contribution in [0.1, 0.15) is 15.9 Å². The molecule has 3 nitrogen and oxygen atoms in total. The number of thiophene rings is 1. The molecule has 0 radical (unpaired) electrons. The molecule has 0 aliphatic carbocycles. The van der Waals surface area contributed by atoms with Crippen molar-refractivity contribution < 1.29 is 9.90 Å². The number of benzene rings is 1. The van der Waals surface area contributed by atoms with Gasteiger partial charge in [-0.1, -0.05) is 30.3 Å². The van der Waals surface area contributed by atoms with E-state index >= 15 is 0 Å². The van der Waals surface area contributed by atoms with Crippen LogP contribution in [0.2, 0.25) is 0 Å². The molecule has 0 saturated carbocycles. The van der Waals surface area contributed by atoms with Gasteiger partial charge in [0.15, 0.2) is 0 Å². The molecule has 2 aromatic rings. The third kappa shape index (κ3) is 4.29. The fourth-order valence-electron chi connectivity index (χ4n) is 1.76. The maximum Gasteiger partial charge on any atom is 0.252 e. The van der Waals surface area contributed by atoms with Gasteiger partial charge in [0.1, 0.15) is 0 Å². The molecule has 1 unspecified atom stereocenters. The summed E-state index contributed by atoms with van der Waals surface area (Å²) in [6.45, 7) is -0.0676. The van der Waals surface area contributed by atoms with Crippen LogP contribution in [-0.4, -0.2) is 23.7 Å². The summed E-state index contributed by atoms with van der Waals surface area (Å²) in [6, 6.07) is 11.4. The van der Waals surface area contributed by atoms with Gasteiger partial charge in [0, 0.05) is 5.38 Å². The van der Waals surface area contributed by atoms with Crippen molar-refractivity contribution in [2.45, 2.75) is 12.5 Å². The molecular formula is C14H14INO2S. The van der Waals surface area contributed by atoms with Crippen molar-refractivity contribution in [3.63, 3.8) is 0 Å². The Hall–Kier alpha value is -0.920. The van der Waals surface area contributed by atoms with E-state index in [1.54, 1.807) is 0 Å². The molecule has 100 valence electrons. The first-order valence-electron chi connectivity index (χ1n) is 5.88. The van der Waals surface area contributed by atoms with Crippen LogP contribution in [0.25, 0.3) is 0 Å². The summed E-state index contributed by atoms with van der Waals surface area (Å²) in [7, 11) is 0. The first kappa shape index (κ1) is 14.5. The normalized spacial score (nSPS) is 12.1. The number of halogens is 1. The molecule has 1 amide bonds. The van der Waals surface area contributed by atoms with Crippen LogP contribution in [0.15, 0.2) is 41.8 Å². The Morgan fingerprint density at radius 2 is 2.11 bits per heavy atom.